The van der Waals surface area contributed by atoms with Gasteiger partial charge in [-0.15, -0.1) is 0 Å². The second kappa shape index (κ2) is 8.71. The van der Waals surface area contributed by atoms with Gasteiger partial charge in [0.2, 0.25) is 5.95 Å². The van der Waals surface area contributed by atoms with Crippen molar-refractivity contribution in [3.05, 3.63) is 34.8 Å². The molecule has 0 N–H and O–H groups in total. The minimum atomic E-state index is -0.0326. The minimum absolute atomic E-state index is 0.0326. The van der Waals surface area contributed by atoms with Gasteiger partial charge in [0.05, 0.1) is 17.8 Å². The number of aromatic nitrogens is 3. The molecule has 1 fully saturated rings. The van der Waals surface area contributed by atoms with E-state index in [0.29, 0.717) is 36.9 Å². The lowest BCUT2D eigenvalue weighted by Gasteiger charge is -2.32. The van der Waals surface area contributed by atoms with Crippen molar-refractivity contribution in [2.75, 3.05) is 44.7 Å². The van der Waals surface area contributed by atoms with Crippen molar-refractivity contribution in [3.63, 3.8) is 0 Å². The molecule has 0 radical (unpaired) electrons. The van der Waals surface area contributed by atoms with E-state index in [1.165, 1.54) is 0 Å². The Labute approximate surface area is 178 Å². The van der Waals surface area contributed by atoms with Gasteiger partial charge in [-0.25, -0.2) is 15.0 Å². The van der Waals surface area contributed by atoms with Gasteiger partial charge in [-0.05, 0) is 26.3 Å². The number of carbonyl (C=O) groups excluding carboxylic acids is 1. The van der Waals surface area contributed by atoms with Crippen LogP contribution in [0.3, 0.4) is 0 Å². The fourth-order valence-electron chi connectivity index (χ4n) is 3.94. The van der Waals surface area contributed by atoms with Crippen LogP contribution in [0, 0.1) is 12.8 Å². The maximum atomic E-state index is 13.2. The van der Waals surface area contributed by atoms with Crippen molar-refractivity contribution < 1.29 is 9.21 Å². The number of piperazine rings is 1. The Balaban J connectivity index is 1.43. The largest absolute Gasteiger partial charge is 0.445 e. The van der Waals surface area contributed by atoms with E-state index in [1.54, 1.807) is 6.20 Å². The quantitative estimate of drug-likeness (QED) is 0.746. The summed E-state index contributed by atoms with van der Waals surface area (Å²) in [6, 6.07) is 0. The van der Waals surface area contributed by atoms with Gasteiger partial charge >= 0.3 is 0 Å². The highest BCUT2D eigenvalue weighted by Gasteiger charge is 2.28. The molecule has 0 spiro atoms. The van der Waals surface area contributed by atoms with Gasteiger partial charge in [-0.2, -0.15) is 0 Å². The van der Waals surface area contributed by atoms with Gasteiger partial charge in [-0.1, -0.05) is 13.8 Å². The maximum absolute atomic E-state index is 13.2. The summed E-state index contributed by atoms with van der Waals surface area (Å²) in [6.07, 6.45) is 4.29. The first-order chi connectivity index (χ1) is 14.4. The highest BCUT2D eigenvalue weighted by Crippen LogP contribution is 2.23. The molecule has 4 heterocycles. The summed E-state index contributed by atoms with van der Waals surface area (Å²) in [5.41, 5.74) is 2.19. The summed E-state index contributed by atoms with van der Waals surface area (Å²) in [5.74, 6) is 3.01. The molecule has 1 amide bonds. The van der Waals surface area contributed by atoms with Crippen LogP contribution in [0.15, 0.2) is 10.6 Å². The summed E-state index contributed by atoms with van der Waals surface area (Å²) < 4.78 is 5.92. The molecule has 8 heteroatoms. The highest BCUT2D eigenvalue weighted by atomic mass is 16.4. The lowest BCUT2D eigenvalue weighted by Crippen LogP contribution is -2.45. The number of anilines is 1. The molecule has 162 valence electrons. The van der Waals surface area contributed by atoms with Gasteiger partial charge in [0.1, 0.15) is 11.5 Å². The van der Waals surface area contributed by atoms with Crippen LogP contribution in [-0.4, -0.2) is 70.4 Å². The Morgan fingerprint density at radius 2 is 1.93 bits per heavy atom. The predicted molar refractivity (Wildman–Crippen MR) is 115 cm³/mol. The van der Waals surface area contributed by atoms with Crippen LogP contribution in [-0.2, 0) is 19.4 Å². The molecule has 30 heavy (non-hydrogen) atoms. The van der Waals surface area contributed by atoms with Crippen LogP contribution in [0.1, 0.15) is 53.7 Å². The molecule has 0 bridgehead atoms. The smallest absolute Gasteiger partial charge is 0.257 e. The van der Waals surface area contributed by atoms with Crippen molar-refractivity contribution in [1.29, 1.82) is 0 Å². The number of aryl methyl sites for hydroxylation is 2. The van der Waals surface area contributed by atoms with Crippen LogP contribution >= 0.6 is 0 Å². The van der Waals surface area contributed by atoms with Crippen LogP contribution < -0.4 is 4.90 Å². The Morgan fingerprint density at radius 3 is 2.63 bits per heavy atom. The number of hydrogen-bond donors (Lipinski definition) is 0. The summed E-state index contributed by atoms with van der Waals surface area (Å²) in [7, 11) is 2.12. The summed E-state index contributed by atoms with van der Waals surface area (Å²) in [4.78, 5) is 33.3. The topological polar surface area (TPSA) is 78.6 Å². The van der Waals surface area contributed by atoms with E-state index in [1.807, 2.05) is 11.8 Å². The maximum Gasteiger partial charge on any atom is 0.257 e. The molecule has 0 unspecified atom stereocenters. The lowest BCUT2D eigenvalue weighted by molar-refractivity contribution is 0.0726. The molecule has 2 aromatic rings. The van der Waals surface area contributed by atoms with E-state index in [-0.39, 0.29) is 5.91 Å². The zero-order chi connectivity index (χ0) is 21.3. The van der Waals surface area contributed by atoms with Crippen LogP contribution in [0.25, 0.3) is 0 Å². The third-order valence-electron chi connectivity index (χ3n) is 5.98. The van der Waals surface area contributed by atoms with Gasteiger partial charge in [0.25, 0.3) is 5.91 Å². The number of carbonyl (C=O) groups is 1. The van der Waals surface area contributed by atoms with Gasteiger partial charge in [0.15, 0.2) is 5.89 Å². The second-order valence-electron chi connectivity index (χ2n) is 8.85. The molecule has 8 nitrogen and oxygen atoms in total. The third kappa shape index (κ3) is 4.48. The lowest BCUT2D eigenvalue weighted by atomic mass is 10.1. The summed E-state index contributed by atoms with van der Waals surface area (Å²) >= 11 is 0. The second-order valence-corrected chi connectivity index (χ2v) is 8.85. The monoisotopic (exact) mass is 412 g/mol. The van der Waals surface area contributed by atoms with E-state index >= 15 is 0 Å². The Kier molecular flexibility index (Phi) is 6.04. The molecule has 0 atom stereocenters. The van der Waals surface area contributed by atoms with Crippen LogP contribution in [0.4, 0.5) is 5.95 Å². The standard InChI is InChI=1S/C22H32N6O2/c1-15(2)5-6-20-25-18-14-28(8-7-19(18)30-20)21(29)17-13-23-22(24-16(17)3)27-11-9-26(4)10-12-27/h13,15H,5-12,14H2,1-4H3. The van der Waals surface area contributed by atoms with Crippen molar-refractivity contribution in [2.45, 2.75) is 46.6 Å². The fraction of sp³-hybridized carbons (Fsp3) is 0.636. The number of amides is 1. The van der Waals surface area contributed by atoms with Gasteiger partial charge in [-0.3, -0.25) is 4.79 Å². The van der Waals surface area contributed by atoms with Gasteiger partial charge in [0, 0.05) is 51.8 Å². The number of fused-ring (bicyclic) bond motifs is 1. The van der Waals surface area contributed by atoms with E-state index in [4.69, 9.17) is 4.42 Å². The normalized spacial score (nSPS) is 17.5. The van der Waals surface area contributed by atoms with Crippen LogP contribution in [0.5, 0.6) is 0 Å². The van der Waals surface area contributed by atoms with Crippen LogP contribution in [0.2, 0.25) is 0 Å². The molecule has 2 aliphatic rings. The molecule has 2 aliphatic heterocycles. The zero-order valence-corrected chi connectivity index (χ0v) is 18.5. The minimum Gasteiger partial charge on any atom is -0.445 e. The highest BCUT2D eigenvalue weighted by molar-refractivity contribution is 5.95. The van der Waals surface area contributed by atoms with Crippen molar-refractivity contribution in [1.82, 2.24) is 24.8 Å². The van der Waals surface area contributed by atoms with Gasteiger partial charge < -0.3 is 19.1 Å². The Hall–Kier alpha value is -2.48. The van der Waals surface area contributed by atoms with Crippen molar-refractivity contribution >= 4 is 11.9 Å². The first-order valence-electron chi connectivity index (χ1n) is 10.9. The first-order valence-corrected chi connectivity index (χ1v) is 10.9. The number of likely N-dealkylation sites (N-methyl/N-ethyl adjacent to an activating group) is 1. The molecule has 2 aromatic heterocycles. The third-order valence-corrected chi connectivity index (χ3v) is 5.98. The SMILES string of the molecule is Cc1nc(N2CCN(C)CC2)ncc1C(=O)N1CCc2oc(CCC(C)C)nc2C1. The number of rotatable bonds is 5. The number of oxazole rings is 1. The molecular weight excluding hydrogens is 380 g/mol. The molecule has 0 saturated carbocycles. The summed E-state index contributed by atoms with van der Waals surface area (Å²) in [6.45, 7) is 11.2. The van der Waals surface area contributed by atoms with E-state index in [2.05, 4.69) is 45.6 Å². The van der Waals surface area contributed by atoms with Crippen molar-refractivity contribution in [3.8, 4) is 0 Å². The molecule has 4 rings (SSSR count). The van der Waals surface area contributed by atoms with E-state index in [0.717, 1.165) is 62.1 Å². The Morgan fingerprint density at radius 1 is 1.17 bits per heavy atom. The zero-order valence-electron chi connectivity index (χ0n) is 18.5. The first kappa shape index (κ1) is 20.8. The molecular formula is C22H32N6O2. The van der Waals surface area contributed by atoms with E-state index in [9.17, 15) is 4.79 Å². The molecule has 1 saturated heterocycles. The van der Waals surface area contributed by atoms with Crippen molar-refractivity contribution in [2.24, 2.45) is 5.92 Å². The molecule has 0 aromatic carbocycles. The Bertz CT molecular complexity index is 901. The van der Waals surface area contributed by atoms with E-state index < -0.39 is 0 Å². The summed E-state index contributed by atoms with van der Waals surface area (Å²) in [5, 5.41) is 0. The molecule has 0 aliphatic carbocycles. The average Bonchev–Trinajstić information content (AvgIpc) is 3.14. The average molecular weight is 413 g/mol. The number of hydrogen-bond acceptors (Lipinski definition) is 7. The fourth-order valence-corrected chi connectivity index (χ4v) is 3.94. The number of nitrogens with zero attached hydrogens (tertiary/aromatic N) is 6. The predicted octanol–water partition coefficient (Wildman–Crippen LogP) is 2.31.